The van der Waals surface area contributed by atoms with Gasteiger partial charge in [-0.05, 0) is 43.0 Å². The molecule has 2 N–H and O–H groups in total. The summed E-state index contributed by atoms with van der Waals surface area (Å²) in [6, 6.07) is 4.27. The van der Waals surface area contributed by atoms with Crippen LogP contribution in [0.5, 0.6) is 0 Å². The van der Waals surface area contributed by atoms with Crippen LogP contribution in [0.2, 0.25) is 0 Å². The van der Waals surface area contributed by atoms with Crippen LogP contribution in [0.1, 0.15) is 49.9 Å². The molecule has 142 valence electrons. The lowest BCUT2D eigenvalue weighted by molar-refractivity contribution is -0.151. The molecule has 0 spiro atoms. The van der Waals surface area contributed by atoms with Gasteiger partial charge in [-0.3, -0.25) is 9.59 Å². The predicted octanol–water partition coefficient (Wildman–Crippen LogP) is 2.18. The van der Waals surface area contributed by atoms with Gasteiger partial charge in [0.2, 0.25) is 0 Å². The fourth-order valence-electron chi connectivity index (χ4n) is 2.89. The van der Waals surface area contributed by atoms with Crippen molar-refractivity contribution in [2.45, 2.75) is 51.6 Å². The van der Waals surface area contributed by atoms with Gasteiger partial charge in [0, 0.05) is 11.6 Å². The van der Waals surface area contributed by atoms with E-state index in [1.165, 1.54) is 24.3 Å². The Hall–Kier alpha value is -2.44. The Bertz CT molecular complexity index is 639. The summed E-state index contributed by atoms with van der Waals surface area (Å²) in [5.41, 5.74) is 0.240. The van der Waals surface area contributed by atoms with Crippen molar-refractivity contribution in [3.05, 3.63) is 35.6 Å². The molecule has 1 aliphatic rings. The molecule has 26 heavy (non-hydrogen) atoms. The van der Waals surface area contributed by atoms with E-state index in [0.717, 1.165) is 25.7 Å². The average molecular weight is 364 g/mol. The third kappa shape index (κ3) is 5.82. The summed E-state index contributed by atoms with van der Waals surface area (Å²) in [6.45, 7) is 3.15. The van der Waals surface area contributed by atoms with Crippen LogP contribution in [0, 0.1) is 11.7 Å². The highest BCUT2D eigenvalue weighted by Crippen LogP contribution is 2.17. The average Bonchev–Trinajstić information content (AvgIpc) is 3.10. The maximum atomic E-state index is 12.9. The Balaban J connectivity index is 1.86. The number of hydrogen-bond donors (Lipinski definition) is 2. The van der Waals surface area contributed by atoms with Gasteiger partial charge in [-0.15, -0.1) is 0 Å². The smallest absolute Gasteiger partial charge is 0.329 e. The van der Waals surface area contributed by atoms with Crippen molar-refractivity contribution in [1.29, 1.82) is 0 Å². The van der Waals surface area contributed by atoms with Crippen LogP contribution in [0.4, 0.5) is 4.39 Å². The van der Waals surface area contributed by atoms with Crippen LogP contribution in [0.3, 0.4) is 0 Å². The fourth-order valence-corrected chi connectivity index (χ4v) is 2.89. The molecule has 0 aliphatic heterocycles. The highest BCUT2D eigenvalue weighted by Gasteiger charge is 2.27. The molecule has 2 rings (SSSR count). The van der Waals surface area contributed by atoms with Crippen molar-refractivity contribution in [2.24, 2.45) is 5.92 Å². The summed E-state index contributed by atoms with van der Waals surface area (Å²) < 4.78 is 18.0. The SMILES string of the molecule is CC(C)[C@H](NC(=O)c1ccc(F)cc1)C(=O)OCC(=O)NC1CCCC1. The maximum absolute atomic E-state index is 12.9. The molecule has 1 atom stereocenters. The zero-order chi connectivity index (χ0) is 19.1. The van der Waals surface area contributed by atoms with Gasteiger partial charge < -0.3 is 15.4 Å². The number of esters is 1. The van der Waals surface area contributed by atoms with Gasteiger partial charge in [-0.2, -0.15) is 0 Å². The highest BCUT2D eigenvalue weighted by atomic mass is 19.1. The Morgan fingerprint density at radius 3 is 2.35 bits per heavy atom. The molecule has 1 aliphatic carbocycles. The predicted molar refractivity (Wildman–Crippen MR) is 93.8 cm³/mol. The molecule has 7 heteroatoms. The third-order valence-electron chi connectivity index (χ3n) is 4.38. The number of carbonyl (C=O) groups is 3. The topological polar surface area (TPSA) is 84.5 Å². The number of rotatable bonds is 7. The van der Waals surface area contributed by atoms with E-state index in [0.29, 0.717) is 0 Å². The normalized spacial score (nSPS) is 15.5. The van der Waals surface area contributed by atoms with E-state index >= 15 is 0 Å². The summed E-state index contributed by atoms with van der Waals surface area (Å²) in [7, 11) is 0. The first-order valence-electron chi connectivity index (χ1n) is 8.89. The van der Waals surface area contributed by atoms with Crippen molar-refractivity contribution in [1.82, 2.24) is 10.6 Å². The molecule has 0 saturated heterocycles. The van der Waals surface area contributed by atoms with Crippen LogP contribution in [-0.2, 0) is 14.3 Å². The van der Waals surface area contributed by atoms with Crippen molar-refractivity contribution >= 4 is 17.8 Å². The summed E-state index contributed by atoms with van der Waals surface area (Å²) in [6.07, 6.45) is 4.08. The van der Waals surface area contributed by atoms with Crippen LogP contribution in [0.15, 0.2) is 24.3 Å². The van der Waals surface area contributed by atoms with Crippen molar-refractivity contribution in [3.63, 3.8) is 0 Å². The summed E-state index contributed by atoms with van der Waals surface area (Å²) in [5.74, 6) is -2.19. The van der Waals surface area contributed by atoms with Gasteiger partial charge in [0.15, 0.2) is 6.61 Å². The van der Waals surface area contributed by atoms with Crippen molar-refractivity contribution < 1.29 is 23.5 Å². The van der Waals surface area contributed by atoms with Crippen LogP contribution >= 0.6 is 0 Å². The molecule has 2 amide bonds. The molecule has 1 aromatic carbocycles. The van der Waals surface area contributed by atoms with Gasteiger partial charge in [-0.1, -0.05) is 26.7 Å². The van der Waals surface area contributed by atoms with Crippen LogP contribution < -0.4 is 10.6 Å². The molecule has 1 aromatic rings. The Morgan fingerprint density at radius 1 is 1.15 bits per heavy atom. The zero-order valence-corrected chi connectivity index (χ0v) is 15.1. The molecule has 6 nitrogen and oxygen atoms in total. The van der Waals surface area contributed by atoms with E-state index in [9.17, 15) is 18.8 Å². The number of amides is 2. The molecular weight excluding hydrogens is 339 g/mol. The first-order valence-corrected chi connectivity index (χ1v) is 8.89. The van der Waals surface area contributed by atoms with E-state index in [1.54, 1.807) is 13.8 Å². The second-order valence-electron chi connectivity index (χ2n) is 6.86. The minimum absolute atomic E-state index is 0.153. The fraction of sp³-hybridized carbons (Fsp3) is 0.526. The van der Waals surface area contributed by atoms with E-state index in [1.807, 2.05) is 0 Å². The maximum Gasteiger partial charge on any atom is 0.329 e. The first-order chi connectivity index (χ1) is 12.4. The summed E-state index contributed by atoms with van der Waals surface area (Å²) in [5, 5.41) is 5.42. The second kappa shape index (κ2) is 9.31. The van der Waals surface area contributed by atoms with E-state index in [4.69, 9.17) is 4.74 Å². The Kier molecular flexibility index (Phi) is 7.12. The van der Waals surface area contributed by atoms with Gasteiger partial charge in [0.25, 0.3) is 11.8 Å². The Morgan fingerprint density at radius 2 is 1.77 bits per heavy atom. The lowest BCUT2D eigenvalue weighted by Gasteiger charge is -2.21. The number of nitrogens with one attached hydrogen (secondary N) is 2. The van der Waals surface area contributed by atoms with Crippen molar-refractivity contribution in [3.8, 4) is 0 Å². The quantitative estimate of drug-likeness (QED) is 0.727. The van der Waals surface area contributed by atoms with E-state index < -0.39 is 23.7 Å². The third-order valence-corrected chi connectivity index (χ3v) is 4.38. The minimum atomic E-state index is -0.896. The standard InChI is InChI=1S/C19H25FN2O4/c1-12(2)17(22-18(24)13-7-9-14(20)10-8-13)19(25)26-11-16(23)21-15-5-3-4-6-15/h7-10,12,15,17H,3-6,11H2,1-2H3,(H,21,23)(H,22,24)/t17-/m0/s1. The minimum Gasteiger partial charge on any atom is -0.454 e. The van der Waals surface area contributed by atoms with Gasteiger partial charge >= 0.3 is 5.97 Å². The van der Waals surface area contributed by atoms with Gasteiger partial charge in [0.05, 0.1) is 0 Å². The molecule has 0 aromatic heterocycles. The monoisotopic (exact) mass is 364 g/mol. The lowest BCUT2D eigenvalue weighted by atomic mass is 10.0. The number of halogens is 1. The van der Waals surface area contributed by atoms with Gasteiger partial charge in [0.1, 0.15) is 11.9 Å². The molecule has 1 saturated carbocycles. The summed E-state index contributed by atoms with van der Waals surface area (Å²) in [4.78, 5) is 36.4. The van der Waals surface area contributed by atoms with Crippen molar-refractivity contribution in [2.75, 3.05) is 6.61 Å². The second-order valence-corrected chi connectivity index (χ2v) is 6.86. The van der Waals surface area contributed by atoms with E-state index in [-0.39, 0.29) is 30.0 Å². The Labute approximate surface area is 152 Å². The molecule has 0 heterocycles. The van der Waals surface area contributed by atoms with Crippen LogP contribution in [-0.4, -0.2) is 36.5 Å². The molecule has 0 unspecified atom stereocenters. The van der Waals surface area contributed by atoms with Crippen LogP contribution in [0.25, 0.3) is 0 Å². The summed E-state index contributed by atoms with van der Waals surface area (Å²) >= 11 is 0. The molecule has 1 fully saturated rings. The molecule has 0 radical (unpaired) electrons. The molecule has 0 bridgehead atoms. The number of benzene rings is 1. The number of carbonyl (C=O) groups excluding carboxylic acids is 3. The van der Waals surface area contributed by atoms with E-state index in [2.05, 4.69) is 10.6 Å². The molecular formula is C19H25FN2O4. The number of ether oxygens (including phenoxy) is 1. The largest absolute Gasteiger partial charge is 0.454 e. The zero-order valence-electron chi connectivity index (χ0n) is 15.1. The van der Waals surface area contributed by atoms with Gasteiger partial charge in [-0.25, -0.2) is 9.18 Å². The lowest BCUT2D eigenvalue weighted by Crippen LogP contribution is -2.46. The first kappa shape index (κ1) is 19.9. The highest BCUT2D eigenvalue weighted by molar-refractivity contribution is 5.97. The number of hydrogen-bond acceptors (Lipinski definition) is 4.